The summed E-state index contributed by atoms with van der Waals surface area (Å²) in [6.07, 6.45) is 0. The van der Waals surface area contributed by atoms with Gasteiger partial charge in [0, 0.05) is 24.8 Å². The maximum Gasteiger partial charge on any atom is 0.243 e. The molecule has 0 bridgehead atoms. The van der Waals surface area contributed by atoms with Gasteiger partial charge in [-0.25, -0.2) is 0 Å². The van der Waals surface area contributed by atoms with Gasteiger partial charge >= 0.3 is 0 Å². The van der Waals surface area contributed by atoms with Crippen LogP contribution in [0.3, 0.4) is 0 Å². The molecule has 3 amide bonds. The molecule has 1 aromatic carbocycles. The van der Waals surface area contributed by atoms with Crippen molar-refractivity contribution < 1.29 is 14.4 Å². The molecule has 7 nitrogen and oxygen atoms in total. The van der Waals surface area contributed by atoms with Crippen LogP contribution in [0.4, 0.5) is 11.4 Å². The summed E-state index contributed by atoms with van der Waals surface area (Å²) in [5.41, 5.74) is 1.19. The molecule has 0 saturated carbocycles. The van der Waals surface area contributed by atoms with Crippen molar-refractivity contribution in [3.8, 4) is 0 Å². The molecule has 106 valence electrons. The van der Waals surface area contributed by atoms with E-state index in [2.05, 4.69) is 21.3 Å². The third-order valence-corrected chi connectivity index (χ3v) is 2.78. The molecule has 1 atom stereocenters. The third-order valence-electron chi connectivity index (χ3n) is 2.78. The quantitative estimate of drug-likeness (QED) is 0.607. The molecule has 2 rings (SSSR count). The second kappa shape index (κ2) is 6.16. The van der Waals surface area contributed by atoms with E-state index in [1.807, 2.05) is 0 Å². The molecule has 1 aromatic rings. The Bertz CT molecular complexity index is 534. The summed E-state index contributed by atoms with van der Waals surface area (Å²) in [7, 11) is 0. The molecule has 1 fully saturated rings. The van der Waals surface area contributed by atoms with Crippen molar-refractivity contribution in [2.45, 2.75) is 13.0 Å². The van der Waals surface area contributed by atoms with Crippen molar-refractivity contribution in [3.63, 3.8) is 0 Å². The minimum atomic E-state index is -0.461. The van der Waals surface area contributed by atoms with Crippen LogP contribution in [0.25, 0.3) is 0 Å². The number of nitrogens with one attached hydrogen (secondary N) is 4. The molecule has 0 aromatic heterocycles. The first kappa shape index (κ1) is 14.0. The number of carbonyl (C=O) groups excluding carboxylic acids is 3. The number of amides is 3. The van der Waals surface area contributed by atoms with Gasteiger partial charge in [0.05, 0.1) is 6.54 Å². The van der Waals surface area contributed by atoms with Crippen LogP contribution in [0.1, 0.15) is 6.92 Å². The van der Waals surface area contributed by atoms with Gasteiger partial charge in [-0.3, -0.25) is 19.7 Å². The maximum atomic E-state index is 12.0. The van der Waals surface area contributed by atoms with Crippen LogP contribution in [-0.4, -0.2) is 36.9 Å². The van der Waals surface area contributed by atoms with E-state index in [0.717, 1.165) is 0 Å². The Kier molecular flexibility index (Phi) is 4.31. The van der Waals surface area contributed by atoms with E-state index in [9.17, 15) is 14.4 Å². The number of carbonyl (C=O) groups is 3. The predicted octanol–water partition coefficient (Wildman–Crippen LogP) is -0.329. The highest BCUT2D eigenvalue weighted by atomic mass is 16.2. The topological polar surface area (TPSA) is 99.3 Å². The van der Waals surface area contributed by atoms with Crippen molar-refractivity contribution in [1.29, 1.82) is 0 Å². The van der Waals surface area contributed by atoms with Crippen LogP contribution in [0.2, 0.25) is 0 Å². The number of hydrogen-bond donors (Lipinski definition) is 4. The Hall–Kier alpha value is -2.41. The Morgan fingerprint density at radius 2 is 1.95 bits per heavy atom. The number of piperazine rings is 1. The standard InChI is InChI=1S/C13H16N4O3/c1-8(18)16-9-3-2-4-10(5-9)17-13(20)11-6-15-12(19)7-14-11/h2-5,11,14H,6-7H2,1H3,(H,15,19)(H,16,18)(H,17,20). The Balaban J connectivity index is 1.97. The molecule has 1 aliphatic heterocycles. The van der Waals surface area contributed by atoms with E-state index in [4.69, 9.17) is 0 Å². The predicted molar refractivity (Wildman–Crippen MR) is 74.2 cm³/mol. The van der Waals surface area contributed by atoms with E-state index < -0.39 is 6.04 Å². The van der Waals surface area contributed by atoms with Crippen LogP contribution in [0, 0.1) is 0 Å². The molecule has 1 heterocycles. The highest BCUT2D eigenvalue weighted by Crippen LogP contribution is 2.15. The summed E-state index contributed by atoms with van der Waals surface area (Å²) < 4.78 is 0. The zero-order chi connectivity index (χ0) is 14.5. The van der Waals surface area contributed by atoms with Gasteiger partial charge in [0.15, 0.2) is 0 Å². The minimum absolute atomic E-state index is 0.123. The lowest BCUT2D eigenvalue weighted by atomic mass is 10.2. The lowest BCUT2D eigenvalue weighted by molar-refractivity contribution is -0.124. The summed E-state index contributed by atoms with van der Waals surface area (Å²) in [5.74, 6) is -0.531. The molecule has 1 saturated heterocycles. The van der Waals surface area contributed by atoms with Gasteiger partial charge in [-0.05, 0) is 18.2 Å². The first-order valence-corrected chi connectivity index (χ1v) is 6.23. The van der Waals surface area contributed by atoms with E-state index in [0.29, 0.717) is 11.4 Å². The number of rotatable bonds is 3. The summed E-state index contributed by atoms with van der Waals surface area (Å²) in [5, 5.41) is 10.8. The fraction of sp³-hybridized carbons (Fsp3) is 0.308. The van der Waals surface area contributed by atoms with Gasteiger partial charge in [0.25, 0.3) is 0 Å². The third kappa shape index (κ3) is 3.79. The van der Waals surface area contributed by atoms with Crippen LogP contribution in [0.5, 0.6) is 0 Å². The van der Waals surface area contributed by atoms with E-state index in [1.54, 1.807) is 24.3 Å². The first-order valence-electron chi connectivity index (χ1n) is 6.23. The highest BCUT2D eigenvalue weighted by molar-refractivity contribution is 5.97. The summed E-state index contributed by atoms with van der Waals surface area (Å²) in [4.78, 5) is 34.0. The lowest BCUT2D eigenvalue weighted by Crippen LogP contribution is -2.56. The molecular formula is C13H16N4O3. The highest BCUT2D eigenvalue weighted by Gasteiger charge is 2.23. The molecule has 4 N–H and O–H groups in total. The molecule has 0 spiro atoms. The minimum Gasteiger partial charge on any atom is -0.353 e. The summed E-state index contributed by atoms with van der Waals surface area (Å²) in [6, 6.07) is 6.40. The first-order chi connectivity index (χ1) is 9.54. The van der Waals surface area contributed by atoms with Gasteiger partial charge in [-0.15, -0.1) is 0 Å². The SMILES string of the molecule is CC(=O)Nc1cccc(NC(=O)C2CNC(=O)CN2)c1. The van der Waals surface area contributed by atoms with Crippen LogP contribution >= 0.6 is 0 Å². The van der Waals surface area contributed by atoms with Gasteiger partial charge in [0.1, 0.15) is 6.04 Å². The van der Waals surface area contributed by atoms with E-state index in [1.165, 1.54) is 6.92 Å². The number of anilines is 2. The van der Waals surface area contributed by atoms with Crippen molar-refractivity contribution >= 4 is 29.1 Å². The number of hydrogen-bond acceptors (Lipinski definition) is 4. The van der Waals surface area contributed by atoms with Gasteiger partial charge in [-0.2, -0.15) is 0 Å². The average molecular weight is 276 g/mol. The molecule has 20 heavy (non-hydrogen) atoms. The Morgan fingerprint density at radius 1 is 1.25 bits per heavy atom. The maximum absolute atomic E-state index is 12.0. The molecule has 7 heteroatoms. The van der Waals surface area contributed by atoms with Gasteiger partial charge < -0.3 is 16.0 Å². The molecular weight excluding hydrogens is 260 g/mol. The van der Waals surface area contributed by atoms with Gasteiger partial charge in [-0.1, -0.05) is 6.07 Å². The Labute approximate surface area is 116 Å². The second-order valence-electron chi connectivity index (χ2n) is 4.49. The van der Waals surface area contributed by atoms with Crippen LogP contribution in [-0.2, 0) is 14.4 Å². The summed E-state index contributed by atoms with van der Waals surface area (Å²) in [6.45, 7) is 1.81. The van der Waals surface area contributed by atoms with Crippen molar-refractivity contribution in [2.75, 3.05) is 23.7 Å². The zero-order valence-electron chi connectivity index (χ0n) is 11.0. The fourth-order valence-corrected chi connectivity index (χ4v) is 1.86. The average Bonchev–Trinajstić information content (AvgIpc) is 2.39. The van der Waals surface area contributed by atoms with Crippen molar-refractivity contribution in [2.24, 2.45) is 0 Å². The van der Waals surface area contributed by atoms with Gasteiger partial charge in [0.2, 0.25) is 17.7 Å². The summed E-state index contributed by atoms with van der Waals surface area (Å²) >= 11 is 0. The molecule has 0 aliphatic carbocycles. The fourth-order valence-electron chi connectivity index (χ4n) is 1.86. The Morgan fingerprint density at radius 3 is 2.55 bits per heavy atom. The smallest absolute Gasteiger partial charge is 0.243 e. The van der Waals surface area contributed by atoms with Crippen molar-refractivity contribution in [3.05, 3.63) is 24.3 Å². The molecule has 1 unspecified atom stereocenters. The molecule has 0 radical (unpaired) electrons. The second-order valence-corrected chi connectivity index (χ2v) is 4.49. The monoisotopic (exact) mass is 276 g/mol. The van der Waals surface area contributed by atoms with E-state index in [-0.39, 0.29) is 30.8 Å². The van der Waals surface area contributed by atoms with Crippen molar-refractivity contribution in [1.82, 2.24) is 10.6 Å². The zero-order valence-corrected chi connectivity index (χ0v) is 11.0. The number of benzene rings is 1. The van der Waals surface area contributed by atoms with Crippen LogP contribution in [0.15, 0.2) is 24.3 Å². The van der Waals surface area contributed by atoms with E-state index >= 15 is 0 Å². The largest absolute Gasteiger partial charge is 0.353 e. The lowest BCUT2D eigenvalue weighted by Gasteiger charge is -2.23. The molecule has 1 aliphatic rings. The van der Waals surface area contributed by atoms with Crippen LogP contribution < -0.4 is 21.3 Å². The normalized spacial score (nSPS) is 18.1.